The zero-order valence-corrected chi connectivity index (χ0v) is 12.8. The molecule has 2 aromatic carbocycles. The van der Waals surface area contributed by atoms with E-state index in [1.807, 2.05) is 54.7 Å². The molecular formula is C21H13NO2. The zero-order chi connectivity index (χ0) is 16.1. The lowest BCUT2D eigenvalue weighted by atomic mass is 10.1. The third kappa shape index (κ3) is 1.88. The van der Waals surface area contributed by atoms with Crippen molar-refractivity contribution in [3.8, 4) is 11.1 Å². The first-order valence-corrected chi connectivity index (χ1v) is 7.83. The van der Waals surface area contributed by atoms with Gasteiger partial charge in [-0.25, -0.2) is 4.79 Å². The summed E-state index contributed by atoms with van der Waals surface area (Å²) in [5.74, 6) is 0. The molecule has 0 fully saturated rings. The van der Waals surface area contributed by atoms with Crippen LogP contribution in [0.5, 0.6) is 0 Å². The fraction of sp³-hybridized carbons (Fsp3) is 0. The largest absolute Gasteiger partial charge is 0.422 e. The maximum Gasteiger partial charge on any atom is 0.344 e. The number of hydrogen-bond donors (Lipinski definition) is 0. The molecule has 0 aliphatic carbocycles. The van der Waals surface area contributed by atoms with Crippen LogP contribution in [-0.2, 0) is 0 Å². The van der Waals surface area contributed by atoms with Gasteiger partial charge in [0.05, 0.1) is 11.1 Å². The van der Waals surface area contributed by atoms with Crippen LogP contribution in [0.3, 0.4) is 0 Å². The fourth-order valence-corrected chi connectivity index (χ4v) is 3.25. The minimum atomic E-state index is -0.311. The SMILES string of the molecule is O=c1oc2ccccc2cc1-c1cc2ccc3ccccc3n2c1. The predicted molar refractivity (Wildman–Crippen MR) is 96.4 cm³/mol. The van der Waals surface area contributed by atoms with E-state index >= 15 is 0 Å². The Hall–Kier alpha value is -3.33. The Morgan fingerprint density at radius 3 is 2.50 bits per heavy atom. The molecule has 0 radical (unpaired) electrons. The Kier molecular flexibility index (Phi) is 2.65. The highest BCUT2D eigenvalue weighted by atomic mass is 16.4. The highest BCUT2D eigenvalue weighted by molar-refractivity contribution is 5.86. The van der Waals surface area contributed by atoms with E-state index in [9.17, 15) is 4.79 Å². The molecule has 3 heterocycles. The number of para-hydroxylation sites is 2. The molecule has 0 saturated heterocycles. The summed E-state index contributed by atoms with van der Waals surface area (Å²) in [6.07, 6.45) is 2.00. The molecule has 5 aromatic rings. The van der Waals surface area contributed by atoms with Crippen LogP contribution in [0.2, 0.25) is 0 Å². The molecule has 3 aromatic heterocycles. The third-order valence-electron chi connectivity index (χ3n) is 4.43. The van der Waals surface area contributed by atoms with Gasteiger partial charge in [-0.2, -0.15) is 0 Å². The first-order valence-electron chi connectivity index (χ1n) is 7.83. The van der Waals surface area contributed by atoms with Crippen molar-refractivity contribution in [2.75, 3.05) is 0 Å². The standard InChI is InChI=1S/C21H13NO2/c23-21-18(12-15-6-2-4-8-20(15)24-21)16-11-17-10-9-14-5-1-3-7-19(14)22(17)13-16/h1-13H. The summed E-state index contributed by atoms with van der Waals surface area (Å²) < 4.78 is 7.58. The van der Waals surface area contributed by atoms with Crippen molar-refractivity contribution in [2.24, 2.45) is 0 Å². The number of aromatic nitrogens is 1. The van der Waals surface area contributed by atoms with E-state index in [0.29, 0.717) is 11.1 Å². The third-order valence-corrected chi connectivity index (χ3v) is 4.43. The average Bonchev–Trinajstić information content (AvgIpc) is 3.05. The summed E-state index contributed by atoms with van der Waals surface area (Å²) in [4.78, 5) is 12.4. The monoisotopic (exact) mass is 311 g/mol. The van der Waals surface area contributed by atoms with Crippen LogP contribution in [0, 0.1) is 0 Å². The second kappa shape index (κ2) is 4.83. The van der Waals surface area contributed by atoms with E-state index in [2.05, 4.69) is 28.7 Å². The molecule has 24 heavy (non-hydrogen) atoms. The minimum Gasteiger partial charge on any atom is -0.422 e. The topological polar surface area (TPSA) is 34.6 Å². The van der Waals surface area contributed by atoms with Crippen molar-refractivity contribution >= 4 is 27.4 Å². The molecule has 0 aliphatic rings. The van der Waals surface area contributed by atoms with E-state index in [-0.39, 0.29) is 5.63 Å². The second-order valence-electron chi connectivity index (χ2n) is 5.90. The zero-order valence-electron chi connectivity index (χ0n) is 12.8. The van der Waals surface area contributed by atoms with Gasteiger partial charge in [0, 0.05) is 22.7 Å². The fourth-order valence-electron chi connectivity index (χ4n) is 3.25. The number of nitrogens with zero attached hydrogens (tertiary/aromatic N) is 1. The molecule has 3 heteroatoms. The van der Waals surface area contributed by atoms with Crippen molar-refractivity contribution in [1.29, 1.82) is 0 Å². The summed E-state index contributed by atoms with van der Waals surface area (Å²) in [5.41, 5.74) is 3.92. The normalized spacial score (nSPS) is 11.5. The van der Waals surface area contributed by atoms with Gasteiger partial charge < -0.3 is 8.82 Å². The van der Waals surface area contributed by atoms with Crippen molar-refractivity contribution < 1.29 is 4.42 Å². The van der Waals surface area contributed by atoms with Crippen molar-refractivity contribution in [1.82, 2.24) is 4.40 Å². The molecule has 0 bridgehead atoms. The molecular weight excluding hydrogens is 298 g/mol. The van der Waals surface area contributed by atoms with Crippen LogP contribution < -0.4 is 5.63 Å². The van der Waals surface area contributed by atoms with Crippen LogP contribution >= 0.6 is 0 Å². The van der Waals surface area contributed by atoms with Gasteiger partial charge in [0.2, 0.25) is 0 Å². The molecule has 0 saturated carbocycles. The smallest absolute Gasteiger partial charge is 0.344 e. The van der Waals surface area contributed by atoms with Crippen LogP contribution in [0.1, 0.15) is 0 Å². The van der Waals surface area contributed by atoms with Crippen molar-refractivity contribution in [3.63, 3.8) is 0 Å². The Morgan fingerprint density at radius 2 is 1.58 bits per heavy atom. The molecule has 0 N–H and O–H groups in total. The molecule has 0 aliphatic heterocycles. The van der Waals surface area contributed by atoms with E-state index in [1.54, 1.807) is 0 Å². The van der Waals surface area contributed by atoms with Crippen LogP contribution in [-0.4, -0.2) is 4.40 Å². The minimum absolute atomic E-state index is 0.311. The molecule has 0 unspecified atom stereocenters. The van der Waals surface area contributed by atoms with Crippen LogP contribution in [0.4, 0.5) is 0 Å². The second-order valence-corrected chi connectivity index (χ2v) is 5.90. The Bertz CT molecular complexity index is 1280. The first-order chi connectivity index (χ1) is 11.8. The average molecular weight is 311 g/mol. The maximum atomic E-state index is 12.4. The van der Waals surface area contributed by atoms with Gasteiger partial charge in [-0.1, -0.05) is 42.5 Å². The molecule has 0 atom stereocenters. The molecule has 5 rings (SSSR count). The first kappa shape index (κ1) is 13.1. The Morgan fingerprint density at radius 1 is 0.792 bits per heavy atom. The van der Waals surface area contributed by atoms with Gasteiger partial charge in [0.15, 0.2) is 0 Å². The van der Waals surface area contributed by atoms with E-state index in [4.69, 9.17) is 4.42 Å². The Balaban J connectivity index is 1.82. The summed E-state index contributed by atoms with van der Waals surface area (Å²) in [7, 11) is 0. The lowest BCUT2D eigenvalue weighted by Crippen LogP contribution is -2.01. The van der Waals surface area contributed by atoms with E-state index < -0.39 is 0 Å². The lowest BCUT2D eigenvalue weighted by molar-refractivity contribution is 0.563. The number of benzene rings is 2. The molecule has 0 amide bonds. The maximum absolute atomic E-state index is 12.4. The van der Waals surface area contributed by atoms with Crippen molar-refractivity contribution in [2.45, 2.75) is 0 Å². The number of fused-ring (bicyclic) bond motifs is 4. The van der Waals surface area contributed by atoms with E-state index in [1.165, 1.54) is 0 Å². The number of hydrogen-bond acceptors (Lipinski definition) is 2. The van der Waals surface area contributed by atoms with Gasteiger partial charge in [0.25, 0.3) is 0 Å². The van der Waals surface area contributed by atoms with E-state index in [0.717, 1.165) is 27.4 Å². The number of pyridine rings is 1. The highest BCUT2D eigenvalue weighted by Crippen LogP contribution is 2.26. The lowest BCUT2D eigenvalue weighted by Gasteiger charge is -2.01. The van der Waals surface area contributed by atoms with Crippen molar-refractivity contribution in [3.05, 3.63) is 89.4 Å². The van der Waals surface area contributed by atoms with Gasteiger partial charge >= 0.3 is 5.63 Å². The highest BCUT2D eigenvalue weighted by Gasteiger charge is 2.11. The summed E-state index contributed by atoms with van der Waals surface area (Å²) in [6, 6.07) is 23.9. The van der Waals surface area contributed by atoms with Gasteiger partial charge in [0.1, 0.15) is 5.58 Å². The summed E-state index contributed by atoms with van der Waals surface area (Å²) in [6.45, 7) is 0. The molecule has 0 spiro atoms. The van der Waals surface area contributed by atoms with Gasteiger partial charge in [-0.15, -0.1) is 0 Å². The van der Waals surface area contributed by atoms with Gasteiger partial charge in [-0.3, -0.25) is 0 Å². The van der Waals surface area contributed by atoms with Crippen LogP contribution in [0.15, 0.2) is 88.2 Å². The quantitative estimate of drug-likeness (QED) is 0.414. The predicted octanol–water partition coefficient (Wildman–Crippen LogP) is 4.87. The summed E-state index contributed by atoms with van der Waals surface area (Å²) >= 11 is 0. The van der Waals surface area contributed by atoms with Crippen LogP contribution in [0.25, 0.3) is 38.5 Å². The molecule has 3 nitrogen and oxygen atoms in total. The summed E-state index contributed by atoms with van der Waals surface area (Å²) in [5, 5.41) is 2.09. The molecule has 114 valence electrons. The Labute approximate surface area is 137 Å². The van der Waals surface area contributed by atoms with Gasteiger partial charge in [-0.05, 0) is 35.7 Å². The number of rotatable bonds is 1.